The molecule has 0 aromatic rings. The number of carbonyl (C=O) groups excluding carboxylic acids is 1. The minimum atomic E-state index is -0.592. The highest BCUT2D eigenvalue weighted by atomic mass is 16.5. The highest BCUT2D eigenvalue weighted by Gasteiger charge is 2.47. The molecule has 1 N–H and O–H groups in total. The molecule has 100 valence electrons. The molecule has 0 aliphatic carbocycles. The average molecular weight is 241 g/mol. The van der Waals surface area contributed by atoms with Crippen molar-refractivity contribution in [3.8, 4) is 0 Å². The maximum atomic E-state index is 12.0. The second kappa shape index (κ2) is 5.32. The lowest BCUT2D eigenvalue weighted by atomic mass is 9.88. The minimum absolute atomic E-state index is 0.0298. The first-order chi connectivity index (χ1) is 7.60. The van der Waals surface area contributed by atoms with Crippen LogP contribution in [0, 0.1) is 5.92 Å². The fourth-order valence-corrected chi connectivity index (χ4v) is 2.11. The van der Waals surface area contributed by atoms with Crippen LogP contribution in [0.4, 0.5) is 0 Å². The average Bonchev–Trinajstić information content (AvgIpc) is 2.41. The fraction of sp³-hybridized carbons (Fsp3) is 0.786. The number of hydrogen-bond acceptors (Lipinski definition) is 3. The zero-order valence-corrected chi connectivity index (χ0v) is 12.5. The van der Waals surface area contributed by atoms with Gasteiger partial charge in [-0.15, -0.1) is 0 Å². The van der Waals surface area contributed by atoms with Crippen LogP contribution >= 0.6 is 0 Å². The van der Waals surface area contributed by atoms with E-state index >= 15 is 0 Å². The van der Waals surface area contributed by atoms with Crippen LogP contribution in [-0.2, 0) is 4.79 Å². The number of Topliss-reactive ketones (excluding diaryl/α,β-unsaturated/α-hetero) is 1. The van der Waals surface area contributed by atoms with Crippen LogP contribution in [0.25, 0.3) is 0 Å². The van der Waals surface area contributed by atoms with Gasteiger partial charge in [-0.05, 0) is 27.7 Å². The van der Waals surface area contributed by atoms with Crippen molar-refractivity contribution < 1.29 is 10.0 Å². The Morgan fingerprint density at radius 2 is 1.65 bits per heavy atom. The molecule has 0 aromatic heterocycles. The molecule has 0 unspecified atom stereocenters. The standard InChI is InChI=1S/C12H21NO2.C2H6/c1-8(2)10(14)9-7-11(3,4)13(15)12(9,5)6;1-2/h7-8,15H,1-6H3;1-2H3. The zero-order chi connectivity index (χ0) is 14.0. The van der Waals surface area contributed by atoms with Gasteiger partial charge in [0, 0.05) is 11.5 Å². The van der Waals surface area contributed by atoms with E-state index in [1.165, 1.54) is 5.06 Å². The van der Waals surface area contributed by atoms with Crippen molar-refractivity contribution in [1.29, 1.82) is 0 Å². The molecule has 3 heteroatoms. The number of carbonyl (C=O) groups is 1. The van der Waals surface area contributed by atoms with Crippen molar-refractivity contribution in [3.63, 3.8) is 0 Å². The second-order valence-corrected chi connectivity index (χ2v) is 5.60. The number of rotatable bonds is 2. The lowest BCUT2D eigenvalue weighted by molar-refractivity contribution is -0.186. The van der Waals surface area contributed by atoms with Gasteiger partial charge in [0.2, 0.25) is 0 Å². The fourth-order valence-electron chi connectivity index (χ4n) is 2.11. The molecule has 0 amide bonds. The Morgan fingerprint density at radius 1 is 1.24 bits per heavy atom. The van der Waals surface area contributed by atoms with E-state index in [0.717, 1.165) is 0 Å². The lowest BCUT2D eigenvalue weighted by Crippen LogP contribution is -2.48. The van der Waals surface area contributed by atoms with E-state index in [-0.39, 0.29) is 11.7 Å². The maximum Gasteiger partial charge on any atom is 0.163 e. The molecular formula is C14H27NO2. The molecule has 1 aliphatic rings. The summed E-state index contributed by atoms with van der Waals surface area (Å²) in [7, 11) is 0. The Kier molecular flexibility index (Phi) is 5.11. The molecule has 17 heavy (non-hydrogen) atoms. The monoisotopic (exact) mass is 241 g/mol. The van der Waals surface area contributed by atoms with Gasteiger partial charge in [0.25, 0.3) is 0 Å². The van der Waals surface area contributed by atoms with Gasteiger partial charge in [-0.1, -0.05) is 33.8 Å². The third kappa shape index (κ3) is 2.96. The molecule has 0 aromatic carbocycles. The van der Waals surface area contributed by atoms with Crippen molar-refractivity contribution >= 4 is 5.78 Å². The second-order valence-electron chi connectivity index (χ2n) is 5.60. The number of hydrogen-bond donors (Lipinski definition) is 1. The summed E-state index contributed by atoms with van der Waals surface area (Å²) in [4.78, 5) is 12.0. The van der Waals surface area contributed by atoms with Gasteiger partial charge in [0.15, 0.2) is 5.78 Å². The van der Waals surface area contributed by atoms with Crippen LogP contribution in [0.2, 0.25) is 0 Å². The van der Waals surface area contributed by atoms with E-state index in [4.69, 9.17) is 0 Å². The topological polar surface area (TPSA) is 40.5 Å². The lowest BCUT2D eigenvalue weighted by Gasteiger charge is -2.36. The molecule has 0 atom stereocenters. The summed E-state index contributed by atoms with van der Waals surface area (Å²) in [5, 5.41) is 11.3. The Balaban J connectivity index is 0.00000121. The molecule has 0 fully saturated rings. The first-order valence-electron chi connectivity index (χ1n) is 6.37. The van der Waals surface area contributed by atoms with Crippen LogP contribution in [0.1, 0.15) is 55.4 Å². The number of ketones is 1. The third-order valence-electron chi connectivity index (χ3n) is 3.02. The highest BCUT2D eigenvalue weighted by molar-refractivity contribution is 5.99. The van der Waals surface area contributed by atoms with Crippen molar-refractivity contribution in [1.82, 2.24) is 5.06 Å². The Hall–Kier alpha value is -0.670. The normalized spacial score (nSPS) is 21.9. The summed E-state index contributed by atoms with van der Waals surface area (Å²) in [5.74, 6) is 0.0856. The molecule has 1 rings (SSSR count). The van der Waals surface area contributed by atoms with E-state index in [2.05, 4.69) is 0 Å². The van der Waals surface area contributed by atoms with E-state index in [1.807, 2.05) is 61.5 Å². The van der Waals surface area contributed by atoms with Gasteiger partial charge in [0.05, 0.1) is 11.1 Å². The Labute approximate surface area is 105 Å². The van der Waals surface area contributed by atoms with Gasteiger partial charge in [-0.2, -0.15) is 5.06 Å². The number of hydroxylamine groups is 2. The predicted octanol–water partition coefficient (Wildman–Crippen LogP) is 3.43. The largest absolute Gasteiger partial charge is 0.312 e. The van der Waals surface area contributed by atoms with Gasteiger partial charge in [0.1, 0.15) is 0 Å². The zero-order valence-electron chi connectivity index (χ0n) is 12.5. The summed E-state index contributed by atoms with van der Waals surface area (Å²) in [6.07, 6.45) is 1.87. The van der Waals surface area contributed by atoms with E-state index in [1.54, 1.807) is 0 Å². The van der Waals surface area contributed by atoms with E-state index in [9.17, 15) is 10.0 Å². The van der Waals surface area contributed by atoms with Crippen LogP contribution in [0.15, 0.2) is 11.6 Å². The SMILES string of the molecule is CC.CC(C)C(=O)C1=CC(C)(C)N(O)C1(C)C. The molecule has 0 saturated heterocycles. The Morgan fingerprint density at radius 3 is 1.88 bits per heavy atom. The first kappa shape index (κ1) is 16.3. The quantitative estimate of drug-likeness (QED) is 0.805. The summed E-state index contributed by atoms with van der Waals surface area (Å²) in [6.45, 7) is 15.3. The summed E-state index contributed by atoms with van der Waals surface area (Å²) in [5.41, 5.74) is -0.348. The number of nitrogens with zero attached hydrogens (tertiary/aromatic N) is 1. The van der Waals surface area contributed by atoms with Crippen molar-refractivity contribution in [2.24, 2.45) is 5.92 Å². The minimum Gasteiger partial charge on any atom is -0.312 e. The molecule has 1 heterocycles. The highest BCUT2D eigenvalue weighted by Crippen LogP contribution is 2.39. The maximum absolute atomic E-state index is 12.0. The summed E-state index contributed by atoms with van der Waals surface area (Å²) < 4.78 is 0. The predicted molar refractivity (Wildman–Crippen MR) is 71.1 cm³/mol. The smallest absolute Gasteiger partial charge is 0.163 e. The van der Waals surface area contributed by atoms with Crippen molar-refractivity contribution in [2.45, 2.75) is 66.5 Å². The molecule has 0 spiro atoms. The van der Waals surface area contributed by atoms with Gasteiger partial charge in [-0.3, -0.25) is 4.79 Å². The third-order valence-corrected chi connectivity index (χ3v) is 3.02. The molecule has 3 nitrogen and oxygen atoms in total. The van der Waals surface area contributed by atoms with Gasteiger partial charge in [-0.25, -0.2) is 0 Å². The summed E-state index contributed by atoms with van der Waals surface area (Å²) >= 11 is 0. The Bertz CT molecular complexity index is 314. The molecule has 0 saturated carbocycles. The van der Waals surface area contributed by atoms with Crippen LogP contribution in [-0.4, -0.2) is 27.1 Å². The van der Waals surface area contributed by atoms with Crippen molar-refractivity contribution in [2.75, 3.05) is 0 Å². The molecular weight excluding hydrogens is 214 g/mol. The van der Waals surface area contributed by atoms with Crippen molar-refractivity contribution in [3.05, 3.63) is 11.6 Å². The van der Waals surface area contributed by atoms with Gasteiger partial charge >= 0.3 is 0 Å². The van der Waals surface area contributed by atoms with Gasteiger partial charge < -0.3 is 5.21 Å². The van der Waals surface area contributed by atoms with Crippen LogP contribution < -0.4 is 0 Å². The van der Waals surface area contributed by atoms with E-state index < -0.39 is 11.1 Å². The molecule has 1 aliphatic heterocycles. The van der Waals surface area contributed by atoms with Crippen LogP contribution in [0.5, 0.6) is 0 Å². The van der Waals surface area contributed by atoms with E-state index in [0.29, 0.717) is 5.57 Å². The first-order valence-corrected chi connectivity index (χ1v) is 6.37. The molecule has 0 bridgehead atoms. The summed E-state index contributed by atoms with van der Waals surface area (Å²) in [6, 6.07) is 0. The molecule has 0 radical (unpaired) electrons. The van der Waals surface area contributed by atoms with Crippen LogP contribution in [0.3, 0.4) is 0 Å².